The molecule has 0 atom stereocenters. The van der Waals surface area contributed by atoms with Gasteiger partial charge in [0.05, 0.1) is 0 Å². The van der Waals surface area contributed by atoms with Gasteiger partial charge in [-0.1, -0.05) is 12.1 Å². The van der Waals surface area contributed by atoms with Gasteiger partial charge in [-0.15, -0.1) is 11.3 Å². The van der Waals surface area contributed by atoms with Crippen molar-refractivity contribution >= 4 is 40.2 Å². The first-order valence-electron chi connectivity index (χ1n) is 5.62. The van der Waals surface area contributed by atoms with Crippen molar-refractivity contribution in [2.24, 2.45) is 0 Å². The minimum Gasteiger partial charge on any atom is -0.478 e. The van der Waals surface area contributed by atoms with Crippen LogP contribution in [-0.4, -0.2) is 22.1 Å². The third kappa shape index (κ3) is 4.21. The lowest BCUT2D eigenvalue weighted by Gasteiger charge is -2.06. The second kappa shape index (κ2) is 6.48. The first kappa shape index (κ1) is 13.8. The third-order valence-corrected chi connectivity index (χ3v) is 2.90. The number of carboxylic acid groups (broad SMARTS) is 1. The first-order chi connectivity index (χ1) is 9.63. The number of nitrogens with one attached hydrogen (secondary N) is 2. The average Bonchev–Trinajstić information content (AvgIpc) is 2.89. The van der Waals surface area contributed by atoms with E-state index in [0.29, 0.717) is 16.4 Å². The summed E-state index contributed by atoms with van der Waals surface area (Å²) in [6, 6.07) is 6.43. The summed E-state index contributed by atoms with van der Waals surface area (Å²) in [6.07, 6.45) is 4.08. The van der Waals surface area contributed by atoms with E-state index >= 15 is 0 Å². The van der Waals surface area contributed by atoms with Gasteiger partial charge in [0.25, 0.3) is 0 Å². The molecule has 2 rings (SSSR count). The van der Waals surface area contributed by atoms with E-state index < -0.39 is 12.0 Å². The number of rotatable bonds is 4. The molecule has 0 aliphatic rings. The Kier molecular flexibility index (Phi) is 4.46. The number of aromatic nitrogens is 1. The summed E-state index contributed by atoms with van der Waals surface area (Å²) in [6.45, 7) is 0. The van der Waals surface area contributed by atoms with Crippen molar-refractivity contribution < 1.29 is 14.7 Å². The fourth-order valence-electron chi connectivity index (χ4n) is 1.43. The molecule has 2 aromatic rings. The lowest BCUT2D eigenvalue weighted by atomic mass is 10.2. The van der Waals surface area contributed by atoms with Crippen molar-refractivity contribution in [3.63, 3.8) is 0 Å². The predicted molar refractivity (Wildman–Crippen MR) is 77.9 cm³/mol. The van der Waals surface area contributed by atoms with E-state index in [1.807, 2.05) is 0 Å². The number of urea groups is 1. The van der Waals surface area contributed by atoms with Gasteiger partial charge in [0.15, 0.2) is 5.13 Å². The second-order valence-electron chi connectivity index (χ2n) is 3.71. The van der Waals surface area contributed by atoms with Crippen LogP contribution in [0.25, 0.3) is 6.08 Å². The van der Waals surface area contributed by atoms with Crippen molar-refractivity contribution in [1.82, 2.24) is 4.98 Å². The Bertz CT molecular complexity index is 638. The summed E-state index contributed by atoms with van der Waals surface area (Å²) in [5, 5.41) is 16.1. The third-order valence-electron chi connectivity index (χ3n) is 2.22. The number of hydrogen-bond acceptors (Lipinski definition) is 4. The van der Waals surface area contributed by atoms with E-state index in [4.69, 9.17) is 5.11 Å². The number of anilines is 2. The molecule has 1 aromatic heterocycles. The van der Waals surface area contributed by atoms with Crippen molar-refractivity contribution in [2.75, 3.05) is 10.6 Å². The number of amides is 2. The predicted octanol–water partition coefficient (Wildman–Crippen LogP) is 2.88. The Hall–Kier alpha value is -2.67. The molecule has 1 heterocycles. The van der Waals surface area contributed by atoms with Crippen LogP contribution < -0.4 is 10.6 Å². The lowest BCUT2D eigenvalue weighted by Crippen LogP contribution is -2.19. The summed E-state index contributed by atoms with van der Waals surface area (Å²) in [7, 11) is 0. The number of benzene rings is 1. The monoisotopic (exact) mass is 289 g/mol. The molecule has 0 radical (unpaired) electrons. The SMILES string of the molecule is O=C(O)/C=C/c1cccc(NC(=O)Nc2nccs2)c1. The molecule has 0 fully saturated rings. The number of carbonyl (C=O) groups excluding carboxylic acids is 1. The van der Waals surface area contributed by atoms with Gasteiger partial charge >= 0.3 is 12.0 Å². The van der Waals surface area contributed by atoms with Crippen LogP contribution in [0.5, 0.6) is 0 Å². The molecule has 102 valence electrons. The fourth-order valence-corrected chi connectivity index (χ4v) is 1.96. The zero-order valence-corrected chi connectivity index (χ0v) is 11.1. The van der Waals surface area contributed by atoms with Gasteiger partial charge in [-0.3, -0.25) is 5.32 Å². The van der Waals surface area contributed by atoms with Crippen molar-refractivity contribution in [3.8, 4) is 0 Å². The highest BCUT2D eigenvalue weighted by Crippen LogP contribution is 2.14. The van der Waals surface area contributed by atoms with E-state index in [1.54, 1.807) is 35.8 Å². The van der Waals surface area contributed by atoms with Crippen molar-refractivity contribution in [1.29, 1.82) is 0 Å². The van der Waals surface area contributed by atoms with Gasteiger partial charge < -0.3 is 10.4 Å². The molecule has 0 unspecified atom stereocenters. The van der Waals surface area contributed by atoms with Crippen LogP contribution in [0.2, 0.25) is 0 Å². The van der Waals surface area contributed by atoms with Crippen LogP contribution in [0.1, 0.15) is 5.56 Å². The Morgan fingerprint density at radius 3 is 2.85 bits per heavy atom. The van der Waals surface area contributed by atoms with Crippen molar-refractivity contribution in [3.05, 3.63) is 47.5 Å². The van der Waals surface area contributed by atoms with E-state index in [-0.39, 0.29) is 0 Å². The zero-order valence-electron chi connectivity index (χ0n) is 10.2. The quantitative estimate of drug-likeness (QED) is 0.755. The summed E-state index contributed by atoms with van der Waals surface area (Å²) >= 11 is 1.32. The maximum atomic E-state index is 11.7. The molecule has 0 aliphatic heterocycles. The zero-order chi connectivity index (χ0) is 14.4. The molecule has 0 spiro atoms. The summed E-state index contributed by atoms with van der Waals surface area (Å²) in [4.78, 5) is 26.1. The van der Waals surface area contributed by atoms with E-state index in [1.165, 1.54) is 17.4 Å². The smallest absolute Gasteiger partial charge is 0.328 e. The van der Waals surface area contributed by atoms with Crippen LogP contribution in [0.15, 0.2) is 41.9 Å². The molecule has 1 aromatic carbocycles. The topological polar surface area (TPSA) is 91.3 Å². The minimum absolute atomic E-state index is 0.403. The molecule has 0 saturated carbocycles. The van der Waals surface area contributed by atoms with Gasteiger partial charge in [0, 0.05) is 23.3 Å². The summed E-state index contributed by atoms with van der Waals surface area (Å²) in [5.41, 5.74) is 1.24. The molecule has 0 aliphatic carbocycles. The number of nitrogens with zero attached hydrogens (tertiary/aromatic N) is 1. The van der Waals surface area contributed by atoms with Crippen LogP contribution >= 0.6 is 11.3 Å². The van der Waals surface area contributed by atoms with Gasteiger partial charge in [0.2, 0.25) is 0 Å². The van der Waals surface area contributed by atoms with Gasteiger partial charge in [-0.2, -0.15) is 0 Å². The molecular formula is C13H11N3O3S. The van der Waals surface area contributed by atoms with Gasteiger partial charge in [-0.25, -0.2) is 14.6 Å². The van der Waals surface area contributed by atoms with Crippen molar-refractivity contribution in [2.45, 2.75) is 0 Å². The largest absolute Gasteiger partial charge is 0.478 e. The van der Waals surface area contributed by atoms with E-state index in [0.717, 1.165) is 6.08 Å². The highest BCUT2D eigenvalue weighted by Gasteiger charge is 2.04. The Morgan fingerprint density at radius 1 is 1.30 bits per heavy atom. The standard InChI is InChI=1S/C13H11N3O3S/c17-11(18)5-4-9-2-1-3-10(8-9)15-12(19)16-13-14-6-7-20-13/h1-8H,(H,17,18)(H2,14,15,16,19)/b5-4+. The molecule has 6 nitrogen and oxygen atoms in total. The summed E-state index contributed by atoms with van der Waals surface area (Å²) < 4.78 is 0. The lowest BCUT2D eigenvalue weighted by molar-refractivity contribution is -0.131. The molecule has 3 N–H and O–H groups in total. The fraction of sp³-hybridized carbons (Fsp3) is 0. The Morgan fingerprint density at radius 2 is 2.15 bits per heavy atom. The molecule has 20 heavy (non-hydrogen) atoms. The molecule has 7 heteroatoms. The number of thiazole rings is 1. The number of carboxylic acids is 1. The minimum atomic E-state index is -1.02. The molecule has 2 amide bonds. The first-order valence-corrected chi connectivity index (χ1v) is 6.50. The van der Waals surface area contributed by atoms with Gasteiger partial charge in [0.1, 0.15) is 0 Å². The van der Waals surface area contributed by atoms with E-state index in [2.05, 4.69) is 15.6 Å². The van der Waals surface area contributed by atoms with Crippen LogP contribution in [0.4, 0.5) is 15.6 Å². The second-order valence-corrected chi connectivity index (χ2v) is 4.61. The number of carbonyl (C=O) groups is 2. The average molecular weight is 289 g/mol. The normalized spacial score (nSPS) is 10.4. The highest BCUT2D eigenvalue weighted by molar-refractivity contribution is 7.13. The number of aliphatic carboxylic acids is 1. The number of hydrogen-bond donors (Lipinski definition) is 3. The van der Waals surface area contributed by atoms with E-state index in [9.17, 15) is 9.59 Å². The van der Waals surface area contributed by atoms with Crippen LogP contribution in [-0.2, 0) is 4.79 Å². The molecular weight excluding hydrogens is 278 g/mol. The molecule has 0 saturated heterocycles. The Balaban J connectivity index is 2.00. The maximum Gasteiger partial charge on any atom is 0.328 e. The maximum absolute atomic E-state index is 11.7. The van der Waals surface area contributed by atoms with Crippen LogP contribution in [0, 0.1) is 0 Å². The van der Waals surface area contributed by atoms with Gasteiger partial charge in [-0.05, 0) is 23.8 Å². The summed E-state index contributed by atoms with van der Waals surface area (Å²) in [5.74, 6) is -1.02. The highest BCUT2D eigenvalue weighted by atomic mass is 32.1. The van der Waals surface area contributed by atoms with Crippen LogP contribution in [0.3, 0.4) is 0 Å². The Labute approximate surface area is 118 Å². The molecule has 0 bridgehead atoms.